The van der Waals surface area contributed by atoms with E-state index in [9.17, 15) is 18.3 Å². The molecular formula is C26H20ClF3N6O3. The zero-order chi connectivity index (χ0) is 27.9. The molecule has 0 spiro atoms. The maximum Gasteiger partial charge on any atom is 0.417 e. The average Bonchev–Trinajstić information content (AvgIpc) is 3.38. The Bertz CT molecular complexity index is 1660. The second-order valence-corrected chi connectivity index (χ2v) is 8.91. The standard InChI is InChI=1S/C26H20ClF3N6O3/c1-36-13-31-12-20(36)25(37,19-7-5-16(11-32-19)26(28,29)30)15-4-6-18-17(8-15)22(27)21(23(35-18)38-2)14-9-33-24(39-3)34-10-14/h4-13,37H,1-3H3. The molecule has 39 heavy (non-hydrogen) atoms. The number of alkyl halides is 3. The van der Waals surface area contributed by atoms with Gasteiger partial charge in [0.2, 0.25) is 5.88 Å². The summed E-state index contributed by atoms with van der Waals surface area (Å²) in [6, 6.07) is 6.98. The predicted molar refractivity (Wildman–Crippen MR) is 135 cm³/mol. The van der Waals surface area contributed by atoms with Gasteiger partial charge in [-0.2, -0.15) is 13.2 Å². The lowest BCUT2D eigenvalue weighted by Crippen LogP contribution is -2.32. The van der Waals surface area contributed by atoms with Crippen LogP contribution in [0.4, 0.5) is 13.2 Å². The number of aliphatic hydroxyl groups is 1. The van der Waals surface area contributed by atoms with Crippen LogP contribution in [0.1, 0.15) is 22.5 Å². The highest BCUT2D eigenvalue weighted by Gasteiger charge is 2.39. The Morgan fingerprint density at radius 1 is 0.923 bits per heavy atom. The van der Waals surface area contributed by atoms with Crippen LogP contribution >= 0.6 is 11.6 Å². The van der Waals surface area contributed by atoms with Gasteiger partial charge in [-0.3, -0.25) is 4.98 Å². The molecule has 0 saturated heterocycles. The molecule has 1 atom stereocenters. The molecule has 0 radical (unpaired) electrons. The Morgan fingerprint density at radius 2 is 1.64 bits per heavy atom. The zero-order valence-electron chi connectivity index (χ0n) is 20.7. The maximum absolute atomic E-state index is 13.2. The fourth-order valence-electron chi connectivity index (χ4n) is 4.29. The minimum atomic E-state index is -4.58. The van der Waals surface area contributed by atoms with Crippen LogP contribution in [0.3, 0.4) is 0 Å². The van der Waals surface area contributed by atoms with Crippen LogP contribution in [-0.4, -0.2) is 48.8 Å². The van der Waals surface area contributed by atoms with Gasteiger partial charge < -0.3 is 19.1 Å². The van der Waals surface area contributed by atoms with Crippen molar-refractivity contribution in [3.05, 3.63) is 89.0 Å². The van der Waals surface area contributed by atoms with E-state index in [1.165, 1.54) is 39.1 Å². The second kappa shape index (κ2) is 9.79. The molecule has 0 amide bonds. The maximum atomic E-state index is 13.2. The summed E-state index contributed by atoms with van der Waals surface area (Å²) >= 11 is 6.88. The van der Waals surface area contributed by atoms with Crippen LogP contribution in [0.2, 0.25) is 5.02 Å². The molecule has 0 aliphatic carbocycles. The molecule has 0 saturated carbocycles. The molecule has 4 heterocycles. The third-order valence-corrected chi connectivity index (χ3v) is 6.64. The van der Waals surface area contributed by atoms with Crippen LogP contribution in [0, 0.1) is 0 Å². The Kier molecular flexibility index (Phi) is 6.60. The molecule has 200 valence electrons. The molecule has 13 heteroatoms. The summed E-state index contributed by atoms with van der Waals surface area (Å²) in [7, 11) is 4.54. The van der Waals surface area contributed by atoms with Crippen molar-refractivity contribution in [1.29, 1.82) is 0 Å². The van der Waals surface area contributed by atoms with Crippen molar-refractivity contribution < 1.29 is 27.8 Å². The number of fused-ring (bicyclic) bond motifs is 1. The normalized spacial score (nSPS) is 13.3. The fraction of sp³-hybridized carbons (Fsp3) is 0.192. The number of ether oxygens (including phenoxy) is 2. The third-order valence-electron chi connectivity index (χ3n) is 6.25. The fourth-order valence-corrected chi connectivity index (χ4v) is 4.63. The summed E-state index contributed by atoms with van der Waals surface area (Å²) in [5.74, 6) is 0.223. The lowest BCUT2D eigenvalue weighted by molar-refractivity contribution is -0.137. The number of pyridine rings is 2. The number of aryl methyl sites for hydroxylation is 1. The number of nitrogens with zero attached hydrogens (tertiary/aromatic N) is 6. The lowest BCUT2D eigenvalue weighted by Gasteiger charge is -2.29. The van der Waals surface area contributed by atoms with Gasteiger partial charge in [0.25, 0.3) is 0 Å². The summed E-state index contributed by atoms with van der Waals surface area (Å²) in [4.78, 5) is 20.9. The van der Waals surface area contributed by atoms with E-state index in [0.717, 1.165) is 12.1 Å². The first-order valence-corrected chi connectivity index (χ1v) is 11.7. The average molecular weight is 557 g/mol. The minimum Gasteiger partial charge on any atom is -0.480 e. The van der Waals surface area contributed by atoms with Crippen LogP contribution in [0.25, 0.3) is 22.0 Å². The number of halogens is 4. The highest BCUT2D eigenvalue weighted by Crippen LogP contribution is 2.43. The monoisotopic (exact) mass is 556 g/mol. The molecule has 0 aliphatic rings. The third kappa shape index (κ3) is 4.51. The van der Waals surface area contributed by atoms with Gasteiger partial charge in [-0.05, 0) is 29.8 Å². The van der Waals surface area contributed by atoms with Crippen LogP contribution in [0.15, 0.2) is 61.4 Å². The first-order valence-electron chi connectivity index (χ1n) is 11.3. The Labute approximate surface area is 224 Å². The quantitative estimate of drug-likeness (QED) is 0.318. The van der Waals surface area contributed by atoms with Gasteiger partial charge in [-0.25, -0.2) is 19.9 Å². The zero-order valence-corrected chi connectivity index (χ0v) is 21.5. The molecule has 0 aliphatic heterocycles. The summed E-state index contributed by atoms with van der Waals surface area (Å²) in [5, 5.41) is 12.8. The van der Waals surface area contributed by atoms with Gasteiger partial charge in [0, 0.05) is 36.6 Å². The lowest BCUT2D eigenvalue weighted by atomic mass is 9.85. The second-order valence-electron chi connectivity index (χ2n) is 8.53. The van der Waals surface area contributed by atoms with Crippen LogP contribution in [-0.2, 0) is 18.8 Å². The highest BCUT2D eigenvalue weighted by atomic mass is 35.5. The van der Waals surface area contributed by atoms with E-state index in [1.807, 2.05) is 0 Å². The molecule has 1 aromatic carbocycles. The van der Waals surface area contributed by atoms with Crippen molar-refractivity contribution >= 4 is 22.5 Å². The van der Waals surface area contributed by atoms with Crippen molar-refractivity contribution in [3.8, 4) is 23.0 Å². The van der Waals surface area contributed by atoms with Gasteiger partial charge in [0.15, 0.2) is 5.60 Å². The molecule has 1 unspecified atom stereocenters. The Balaban J connectivity index is 1.73. The first kappa shape index (κ1) is 26.3. The van der Waals surface area contributed by atoms with E-state index in [1.54, 1.807) is 29.8 Å². The van der Waals surface area contributed by atoms with Crippen LogP contribution < -0.4 is 9.47 Å². The molecule has 5 aromatic rings. The Hall–Kier alpha value is -4.29. The molecule has 0 bridgehead atoms. The number of benzene rings is 1. The number of methoxy groups -OCH3 is 2. The number of hydrogen-bond donors (Lipinski definition) is 1. The summed E-state index contributed by atoms with van der Waals surface area (Å²) in [6.45, 7) is 0. The smallest absolute Gasteiger partial charge is 0.417 e. The number of aromatic nitrogens is 6. The van der Waals surface area contributed by atoms with Crippen molar-refractivity contribution in [2.75, 3.05) is 14.2 Å². The number of rotatable bonds is 6. The van der Waals surface area contributed by atoms with E-state index in [-0.39, 0.29) is 33.9 Å². The van der Waals surface area contributed by atoms with E-state index in [0.29, 0.717) is 28.2 Å². The molecular weight excluding hydrogens is 537 g/mol. The molecule has 0 fully saturated rings. The van der Waals surface area contributed by atoms with Gasteiger partial charge in [0.05, 0.1) is 59.8 Å². The number of hydrogen-bond acceptors (Lipinski definition) is 8. The van der Waals surface area contributed by atoms with Gasteiger partial charge in [-0.15, -0.1) is 0 Å². The first-order chi connectivity index (χ1) is 18.6. The van der Waals surface area contributed by atoms with Crippen LogP contribution in [0.5, 0.6) is 11.9 Å². The Morgan fingerprint density at radius 3 is 2.21 bits per heavy atom. The topological polar surface area (TPSA) is 108 Å². The number of imidazole rings is 1. The molecule has 1 N–H and O–H groups in total. The molecule has 5 rings (SSSR count). The molecule has 4 aromatic heterocycles. The van der Waals surface area contributed by atoms with Crippen molar-refractivity contribution in [2.24, 2.45) is 7.05 Å². The van der Waals surface area contributed by atoms with Crippen molar-refractivity contribution in [1.82, 2.24) is 29.5 Å². The van der Waals surface area contributed by atoms with Crippen molar-refractivity contribution in [2.45, 2.75) is 11.8 Å². The van der Waals surface area contributed by atoms with Gasteiger partial charge in [-0.1, -0.05) is 17.7 Å². The summed E-state index contributed by atoms with van der Waals surface area (Å²) < 4.78 is 51.7. The van der Waals surface area contributed by atoms with Crippen molar-refractivity contribution in [3.63, 3.8) is 0 Å². The van der Waals surface area contributed by atoms with Gasteiger partial charge in [0.1, 0.15) is 0 Å². The van der Waals surface area contributed by atoms with E-state index in [4.69, 9.17) is 21.1 Å². The van der Waals surface area contributed by atoms with E-state index < -0.39 is 17.3 Å². The highest BCUT2D eigenvalue weighted by molar-refractivity contribution is 6.38. The summed E-state index contributed by atoms with van der Waals surface area (Å²) in [5.41, 5.74) is -1.07. The summed E-state index contributed by atoms with van der Waals surface area (Å²) in [6.07, 6.45) is 1.98. The largest absolute Gasteiger partial charge is 0.480 e. The van der Waals surface area contributed by atoms with E-state index >= 15 is 0 Å². The van der Waals surface area contributed by atoms with E-state index in [2.05, 4.69) is 24.9 Å². The molecule has 9 nitrogen and oxygen atoms in total. The SMILES string of the molecule is COc1ncc(-c2c(OC)nc3ccc(C(O)(c4ccc(C(F)(F)F)cn4)c4cncn4C)cc3c2Cl)cn1. The minimum absolute atomic E-state index is 0.0418. The van der Waals surface area contributed by atoms with Gasteiger partial charge >= 0.3 is 12.2 Å². The predicted octanol–water partition coefficient (Wildman–Crippen LogP) is 4.79.